The molecule has 0 radical (unpaired) electrons. The minimum absolute atomic E-state index is 0.0828. The fourth-order valence-corrected chi connectivity index (χ4v) is 4.92. The van der Waals surface area contributed by atoms with Crippen molar-refractivity contribution in [2.45, 2.75) is 18.2 Å². The summed E-state index contributed by atoms with van der Waals surface area (Å²) in [4.78, 5) is 4.28. The highest BCUT2D eigenvalue weighted by atomic mass is 32.2. The highest BCUT2D eigenvalue weighted by Gasteiger charge is 2.26. The summed E-state index contributed by atoms with van der Waals surface area (Å²) in [5.74, 6) is 0.576. The lowest BCUT2D eigenvalue weighted by Crippen LogP contribution is -2.16. The number of H-pyrrole nitrogens is 1. The third kappa shape index (κ3) is 4.04. The normalized spacial score (nSPS) is 11.5. The zero-order valence-corrected chi connectivity index (χ0v) is 18.2. The highest BCUT2D eigenvalue weighted by Crippen LogP contribution is 2.35. The molecule has 0 fully saturated rings. The molecule has 0 aliphatic heterocycles. The smallest absolute Gasteiger partial charge is 0.270 e. The lowest BCUT2D eigenvalue weighted by atomic mass is 10.0. The van der Waals surface area contributed by atoms with E-state index in [2.05, 4.69) is 19.9 Å². The van der Waals surface area contributed by atoms with Gasteiger partial charge in [0.2, 0.25) is 0 Å². The summed E-state index contributed by atoms with van der Waals surface area (Å²) < 4.78 is 39.4. The summed E-state index contributed by atoms with van der Waals surface area (Å²) in [6.07, 6.45) is 2.42. The number of hydrogen-bond acceptors (Lipinski definition) is 6. The Morgan fingerprint density at radius 3 is 2.42 bits per heavy atom. The summed E-state index contributed by atoms with van der Waals surface area (Å²) in [6.45, 7) is 1.92. The van der Waals surface area contributed by atoms with Gasteiger partial charge in [-0.15, -0.1) is 0 Å². The molecular formula is C22H22N4O4S. The van der Waals surface area contributed by atoms with Gasteiger partial charge in [0.25, 0.3) is 10.0 Å². The molecule has 9 heteroatoms. The monoisotopic (exact) mass is 438 g/mol. The molecule has 2 heterocycles. The van der Waals surface area contributed by atoms with Crippen LogP contribution in [0.2, 0.25) is 0 Å². The molecule has 0 spiro atoms. The first kappa shape index (κ1) is 20.7. The molecule has 2 N–H and O–H groups in total. The van der Waals surface area contributed by atoms with E-state index >= 15 is 0 Å². The van der Waals surface area contributed by atoms with Crippen LogP contribution in [0.25, 0.3) is 10.9 Å². The van der Waals surface area contributed by atoms with Crippen molar-refractivity contribution in [3.05, 3.63) is 71.5 Å². The number of anilines is 1. The number of nitrogens with one attached hydrogen (secondary N) is 2. The van der Waals surface area contributed by atoms with Crippen molar-refractivity contribution in [2.24, 2.45) is 0 Å². The van der Waals surface area contributed by atoms with E-state index < -0.39 is 10.0 Å². The van der Waals surface area contributed by atoms with Crippen LogP contribution in [0, 0.1) is 6.92 Å². The fraction of sp³-hybridized carbons (Fsp3) is 0.182. The molecule has 0 bridgehead atoms. The predicted molar refractivity (Wildman–Crippen MR) is 118 cm³/mol. The van der Waals surface area contributed by atoms with Crippen LogP contribution in [0.5, 0.6) is 11.5 Å². The first-order chi connectivity index (χ1) is 14.9. The van der Waals surface area contributed by atoms with Crippen molar-refractivity contribution < 1.29 is 17.9 Å². The Morgan fingerprint density at radius 1 is 1.03 bits per heavy atom. The number of methoxy groups -OCH3 is 2. The zero-order chi connectivity index (χ0) is 22.0. The van der Waals surface area contributed by atoms with E-state index in [4.69, 9.17) is 9.47 Å². The topological polar surface area (TPSA) is 106 Å². The minimum atomic E-state index is -4.03. The van der Waals surface area contributed by atoms with Crippen LogP contribution in [0.3, 0.4) is 0 Å². The van der Waals surface area contributed by atoms with Crippen LogP contribution in [0.4, 0.5) is 5.82 Å². The van der Waals surface area contributed by atoms with E-state index in [1.807, 2.05) is 37.3 Å². The SMILES string of the molecule is COc1cccc(OC)c1S(=O)(=O)Nc1n[nH]c2cc(Cc3ccccn3)cc(C)c12. The molecule has 160 valence electrons. The molecule has 31 heavy (non-hydrogen) atoms. The largest absolute Gasteiger partial charge is 0.495 e. The van der Waals surface area contributed by atoms with Crippen molar-refractivity contribution in [3.63, 3.8) is 0 Å². The average molecular weight is 439 g/mol. The summed E-state index contributed by atoms with van der Waals surface area (Å²) in [5, 5.41) is 7.84. The Balaban J connectivity index is 1.71. The number of fused-ring (bicyclic) bond motifs is 1. The number of sulfonamides is 1. The van der Waals surface area contributed by atoms with Gasteiger partial charge in [0, 0.05) is 23.7 Å². The van der Waals surface area contributed by atoms with Crippen molar-refractivity contribution >= 4 is 26.7 Å². The van der Waals surface area contributed by atoms with Crippen molar-refractivity contribution in [1.82, 2.24) is 15.2 Å². The molecule has 0 saturated heterocycles. The molecule has 0 aliphatic rings. The zero-order valence-electron chi connectivity index (χ0n) is 17.3. The van der Waals surface area contributed by atoms with Crippen LogP contribution in [0.1, 0.15) is 16.8 Å². The van der Waals surface area contributed by atoms with Gasteiger partial charge in [0.05, 0.1) is 19.7 Å². The van der Waals surface area contributed by atoms with Crippen molar-refractivity contribution in [2.75, 3.05) is 18.9 Å². The second-order valence-corrected chi connectivity index (χ2v) is 8.62. The maximum atomic E-state index is 13.2. The Kier molecular flexibility index (Phi) is 5.51. The number of rotatable bonds is 7. The number of pyridine rings is 1. The third-order valence-corrected chi connectivity index (χ3v) is 6.32. The Labute approximate surface area is 180 Å². The van der Waals surface area contributed by atoms with Gasteiger partial charge in [-0.3, -0.25) is 14.8 Å². The average Bonchev–Trinajstić information content (AvgIpc) is 3.16. The van der Waals surface area contributed by atoms with Crippen LogP contribution in [0.15, 0.2) is 59.6 Å². The maximum Gasteiger partial charge on any atom is 0.270 e. The Bertz CT molecular complexity index is 1310. The first-order valence-corrected chi connectivity index (χ1v) is 11.0. The van der Waals surface area contributed by atoms with Gasteiger partial charge in [-0.1, -0.05) is 18.2 Å². The Morgan fingerprint density at radius 2 is 1.77 bits per heavy atom. The maximum absolute atomic E-state index is 13.2. The molecule has 4 aromatic rings. The Hall–Kier alpha value is -3.59. The molecule has 0 aliphatic carbocycles. The lowest BCUT2D eigenvalue weighted by molar-refractivity contribution is 0.373. The van der Waals surface area contributed by atoms with E-state index in [1.165, 1.54) is 14.2 Å². The van der Waals surface area contributed by atoms with E-state index in [1.54, 1.807) is 24.4 Å². The van der Waals surface area contributed by atoms with E-state index in [-0.39, 0.29) is 22.2 Å². The summed E-state index contributed by atoms with van der Waals surface area (Å²) in [5.41, 5.74) is 3.62. The molecule has 0 unspecified atom stereocenters. The van der Waals surface area contributed by atoms with E-state index in [0.717, 1.165) is 22.3 Å². The molecule has 4 rings (SSSR count). The number of benzene rings is 2. The minimum Gasteiger partial charge on any atom is -0.495 e. The number of ether oxygens (including phenoxy) is 2. The second kappa shape index (κ2) is 8.27. The lowest BCUT2D eigenvalue weighted by Gasteiger charge is -2.14. The number of aryl methyl sites for hydroxylation is 1. The fourth-order valence-electron chi connectivity index (χ4n) is 3.58. The molecular weight excluding hydrogens is 416 g/mol. The molecule has 2 aromatic heterocycles. The van der Waals surface area contributed by atoms with Gasteiger partial charge in [0.15, 0.2) is 10.7 Å². The van der Waals surface area contributed by atoms with Gasteiger partial charge < -0.3 is 9.47 Å². The number of aromatic amines is 1. The third-order valence-electron chi connectivity index (χ3n) is 4.91. The molecule has 8 nitrogen and oxygen atoms in total. The van der Waals surface area contributed by atoms with Crippen molar-refractivity contribution in [1.29, 1.82) is 0 Å². The van der Waals surface area contributed by atoms with Crippen LogP contribution < -0.4 is 14.2 Å². The van der Waals surface area contributed by atoms with Gasteiger partial charge in [0.1, 0.15) is 11.5 Å². The van der Waals surface area contributed by atoms with E-state index in [0.29, 0.717) is 11.8 Å². The first-order valence-electron chi connectivity index (χ1n) is 9.54. The number of nitrogens with zero attached hydrogens (tertiary/aromatic N) is 2. The van der Waals surface area contributed by atoms with E-state index in [9.17, 15) is 8.42 Å². The van der Waals surface area contributed by atoms with Crippen molar-refractivity contribution in [3.8, 4) is 11.5 Å². The van der Waals surface area contributed by atoms with Crippen LogP contribution in [-0.2, 0) is 16.4 Å². The molecule has 0 atom stereocenters. The van der Waals surface area contributed by atoms with Gasteiger partial charge >= 0.3 is 0 Å². The summed E-state index contributed by atoms with van der Waals surface area (Å²) in [6, 6.07) is 14.5. The van der Waals surface area contributed by atoms with Crippen LogP contribution in [-0.4, -0.2) is 37.8 Å². The van der Waals surface area contributed by atoms with Gasteiger partial charge in [-0.25, -0.2) is 8.42 Å². The quantitative estimate of drug-likeness (QED) is 0.456. The second-order valence-electron chi connectivity index (χ2n) is 7.00. The standard InChI is InChI=1S/C22H22N4O4S/c1-14-11-15(12-16-7-4-5-10-23-16)13-17-20(14)22(25-24-17)26-31(27,28)21-18(29-2)8-6-9-19(21)30-3/h4-11,13H,12H2,1-3H3,(H2,24,25,26). The van der Waals surface area contributed by atoms with Gasteiger partial charge in [-0.05, 0) is 48.4 Å². The highest BCUT2D eigenvalue weighted by molar-refractivity contribution is 7.93. The molecule has 0 amide bonds. The van der Waals surface area contributed by atoms with Gasteiger partial charge in [-0.2, -0.15) is 5.10 Å². The predicted octanol–water partition coefficient (Wildman–Crippen LogP) is 3.68. The van der Waals surface area contributed by atoms with Crippen LogP contribution >= 0.6 is 0 Å². The number of aromatic nitrogens is 3. The summed E-state index contributed by atoms with van der Waals surface area (Å²) >= 11 is 0. The molecule has 0 saturated carbocycles. The number of hydrogen-bond donors (Lipinski definition) is 2. The summed E-state index contributed by atoms with van der Waals surface area (Å²) in [7, 11) is -1.21. The molecule has 2 aromatic carbocycles.